The van der Waals surface area contributed by atoms with Crippen molar-refractivity contribution in [2.75, 3.05) is 0 Å². The Morgan fingerprint density at radius 1 is 0.536 bits per heavy atom. The Kier molecular flexibility index (Phi) is 9.91. The molecule has 12 heteroatoms. The summed E-state index contributed by atoms with van der Waals surface area (Å²) in [6.45, 7) is 3.53. The van der Waals surface area contributed by atoms with Crippen LogP contribution < -0.4 is 9.13 Å². The quantitative estimate of drug-likeness (QED) is 0.128. The van der Waals surface area contributed by atoms with Gasteiger partial charge in [0.05, 0.1) is 51.0 Å². The van der Waals surface area contributed by atoms with Crippen LogP contribution in [0.15, 0.2) is 170 Å². The van der Waals surface area contributed by atoms with Crippen molar-refractivity contribution in [1.29, 1.82) is 0 Å². The Hall–Kier alpha value is -7.28. The summed E-state index contributed by atoms with van der Waals surface area (Å²) < 4.78 is 110. The van der Waals surface area contributed by atoms with Crippen molar-refractivity contribution in [2.24, 2.45) is 0 Å². The van der Waals surface area contributed by atoms with Crippen LogP contribution in [0.1, 0.15) is 48.9 Å². The number of hydrogen-bond acceptors (Lipinski definition) is 2. The maximum atomic E-state index is 15.1. The molecule has 2 aliphatic heterocycles. The summed E-state index contributed by atoms with van der Waals surface area (Å²) in [7, 11) is 0. The van der Waals surface area contributed by atoms with E-state index in [1.165, 1.54) is 16.8 Å². The largest absolute Gasteiger partial charge is 0.422 e. The summed E-state index contributed by atoms with van der Waals surface area (Å²) in [5.74, 6) is 0. The highest BCUT2D eigenvalue weighted by atomic mass is 19.4. The second-order valence-electron chi connectivity index (χ2n) is 18.2. The monoisotopic (exact) mass is 930 g/mol. The summed E-state index contributed by atoms with van der Waals surface area (Å²) >= 11 is 0. The number of fused-ring (bicyclic) bond motifs is 16. The normalized spacial score (nSPS) is 18.7. The molecule has 3 unspecified atom stereocenters. The standard InChI is InChI=1S/C57H44F6N4O2/c1-35-31-36(2)69-55(54-45(47-26-22-38(33-65(47)55)57(61,62)63)24-28-51-53(54)44-18-10-12-20-49(44)67(51)40-15-7-4-8-16-40)30-29-42-41(46-25-21-37(56(58,59)60)32-64(46)34-68-35)23-27-50-52(42)43-17-9-11-19-48(43)66(50)39-13-5-3-6-14-39/h3-28,32-33,35-36H,29-31,34H2,1-2H3/q+2. The van der Waals surface area contributed by atoms with E-state index in [4.69, 9.17) is 9.47 Å². The second-order valence-corrected chi connectivity index (χ2v) is 18.2. The molecule has 0 saturated heterocycles. The minimum absolute atomic E-state index is 0.139. The highest BCUT2D eigenvalue weighted by Gasteiger charge is 2.56. The molecule has 0 radical (unpaired) electrons. The van der Waals surface area contributed by atoms with E-state index in [0.29, 0.717) is 17.0 Å². The first-order chi connectivity index (χ1) is 33.3. The van der Waals surface area contributed by atoms with Crippen molar-refractivity contribution in [3.05, 3.63) is 192 Å². The Morgan fingerprint density at radius 3 is 1.70 bits per heavy atom. The van der Waals surface area contributed by atoms with Gasteiger partial charge in [-0.3, -0.25) is 0 Å². The van der Waals surface area contributed by atoms with Crippen molar-refractivity contribution in [3.63, 3.8) is 0 Å². The number of halogens is 6. The molecule has 0 amide bonds. The van der Waals surface area contributed by atoms with E-state index >= 15 is 13.2 Å². The molecule has 3 atom stereocenters. The van der Waals surface area contributed by atoms with Crippen LogP contribution in [0.4, 0.5) is 26.3 Å². The Labute approximate surface area is 392 Å². The Morgan fingerprint density at radius 2 is 1.07 bits per heavy atom. The number of aromatic nitrogens is 4. The zero-order valence-electron chi connectivity index (χ0n) is 37.5. The van der Waals surface area contributed by atoms with Crippen molar-refractivity contribution in [3.8, 4) is 33.9 Å². The van der Waals surface area contributed by atoms with Crippen molar-refractivity contribution in [2.45, 2.75) is 70.1 Å². The van der Waals surface area contributed by atoms with Crippen LogP contribution in [-0.4, -0.2) is 21.3 Å². The lowest BCUT2D eigenvalue weighted by Gasteiger charge is -2.31. The number of hydrogen-bond donors (Lipinski definition) is 0. The number of para-hydroxylation sites is 4. The molecular formula is C57H44F6N4O2+2. The van der Waals surface area contributed by atoms with Crippen LogP contribution in [0.3, 0.4) is 0 Å². The van der Waals surface area contributed by atoms with Gasteiger partial charge in [0.25, 0.3) is 6.73 Å². The van der Waals surface area contributed by atoms with Crippen molar-refractivity contribution in [1.82, 2.24) is 9.13 Å². The molecule has 344 valence electrons. The maximum Gasteiger partial charge on any atom is 0.422 e. The molecule has 0 bridgehead atoms. The fraction of sp³-hybridized carbons (Fsp3) is 0.193. The van der Waals surface area contributed by atoms with E-state index in [1.54, 1.807) is 10.6 Å². The third kappa shape index (κ3) is 6.86. The minimum atomic E-state index is -4.68. The molecule has 0 fully saturated rings. The van der Waals surface area contributed by atoms with Gasteiger partial charge in [0.15, 0.2) is 12.4 Å². The van der Waals surface area contributed by atoms with Crippen LogP contribution in [-0.2, 0) is 40.7 Å². The molecule has 0 saturated carbocycles. The molecule has 12 rings (SSSR count). The van der Waals surface area contributed by atoms with E-state index in [-0.39, 0.29) is 26.0 Å². The summed E-state index contributed by atoms with van der Waals surface area (Å²) in [5, 5.41) is 3.55. The SMILES string of the molecule is CC1CC(C)OC2(CCc3c(ccc4c3c3ccccc3n4-c3ccccc3)-c3ccc(C(F)(F)F)c[n+]3CO1)c1c(ccc3c1c1ccccc1n3-c1ccccc1)-c1ccc(C(F)(F)F)c[n+]12. The highest BCUT2D eigenvalue weighted by molar-refractivity contribution is 6.14. The average Bonchev–Trinajstić information content (AvgIpc) is 3.96. The van der Waals surface area contributed by atoms with Gasteiger partial charge in [-0.25, -0.2) is 0 Å². The third-order valence-corrected chi connectivity index (χ3v) is 14.0. The van der Waals surface area contributed by atoms with E-state index in [1.807, 2.05) is 135 Å². The number of nitrogens with zero attached hydrogens (tertiary/aromatic N) is 4. The van der Waals surface area contributed by atoms with E-state index in [9.17, 15) is 13.2 Å². The molecule has 10 aromatic rings. The van der Waals surface area contributed by atoms with E-state index < -0.39 is 41.4 Å². The fourth-order valence-electron chi connectivity index (χ4n) is 11.2. The average molecular weight is 931 g/mol. The van der Waals surface area contributed by atoms with Gasteiger partial charge in [-0.2, -0.15) is 35.5 Å². The number of alkyl halides is 6. The van der Waals surface area contributed by atoms with Gasteiger partial charge in [0, 0.05) is 51.5 Å². The first-order valence-electron chi connectivity index (χ1n) is 23.1. The number of ether oxygens (including phenoxy) is 2. The number of rotatable bonds is 2. The maximum absolute atomic E-state index is 15.1. The van der Waals surface area contributed by atoms with Crippen LogP contribution in [0, 0.1) is 0 Å². The van der Waals surface area contributed by atoms with Gasteiger partial charge >= 0.3 is 18.1 Å². The van der Waals surface area contributed by atoms with Crippen molar-refractivity contribution >= 4 is 43.6 Å². The fourth-order valence-corrected chi connectivity index (χ4v) is 11.2. The number of aryl methyl sites for hydroxylation is 1. The second kappa shape index (κ2) is 15.9. The summed E-state index contributed by atoms with van der Waals surface area (Å²) in [4.78, 5) is 0. The summed E-state index contributed by atoms with van der Waals surface area (Å²) in [6, 6.07) is 49.3. The van der Waals surface area contributed by atoms with Gasteiger partial charge in [-0.15, -0.1) is 0 Å². The Balaban J connectivity index is 1.20. The lowest BCUT2D eigenvalue weighted by Crippen LogP contribution is -2.58. The van der Waals surface area contributed by atoms with Gasteiger partial charge in [-0.1, -0.05) is 72.8 Å². The first-order valence-corrected chi connectivity index (χ1v) is 23.1. The van der Waals surface area contributed by atoms with Gasteiger partial charge in [0.1, 0.15) is 11.1 Å². The zero-order chi connectivity index (χ0) is 47.4. The van der Waals surface area contributed by atoms with E-state index in [2.05, 4.69) is 21.3 Å². The summed E-state index contributed by atoms with van der Waals surface area (Å²) in [6.07, 6.45) is -7.52. The molecular weight excluding hydrogens is 887 g/mol. The summed E-state index contributed by atoms with van der Waals surface area (Å²) in [5.41, 5.74) is 6.23. The molecule has 0 aliphatic carbocycles. The van der Waals surface area contributed by atoms with Gasteiger partial charge < -0.3 is 18.6 Å². The topological polar surface area (TPSA) is 36.1 Å². The van der Waals surface area contributed by atoms with Crippen LogP contribution in [0.25, 0.3) is 77.5 Å². The van der Waals surface area contributed by atoms with Crippen LogP contribution in [0.2, 0.25) is 0 Å². The lowest BCUT2D eigenvalue weighted by atomic mass is 9.87. The number of pyridine rings is 2. The zero-order valence-corrected chi connectivity index (χ0v) is 37.5. The smallest absolute Gasteiger partial charge is 0.320 e. The lowest BCUT2D eigenvalue weighted by molar-refractivity contribution is -0.787. The molecule has 0 N–H and O–H groups in total. The number of benzene rings is 6. The predicted molar refractivity (Wildman–Crippen MR) is 254 cm³/mol. The predicted octanol–water partition coefficient (Wildman–Crippen LogP) is 13.6. The molecule has 69 heavy (non-hydrogen) atoms. The highest BCUT2D eigenvalue weighted by Crippen LogP contribution is 2.51. The molecule has 6 heterocycles. The van der Waals surface area contributed by atoms with E-state index in [0.717, 1.165) is 90.0 Å². The van der Waals surface area contributed by atoms with Crippen LogP contribution in [0.5, 0.6) is 0 Å². The first kappa shape index (κ1) is 43.0. The molecule has 1 spiro atoms. The Bertz CT molecular complexity index is 3660. The third-order valence-electron chi connectivity index (χ3n) is 14.0. The van der Waals surface area contributed by atoms with Crippen molar-refractivity contribution < 1.29 is 45.0 Å². The molecule has 4 aromatic heterocycles. The van der Waals surface area contributed by atoms with Gasteiger partial charge in [-0.05, 0) is 105 Å². The molecule has 6 aromatic carbocycles. The van der Waals surface area contributed by atoms with Gasteiger partial charge in [0.2, 0.25) is 11.4 Å². The molecule has 6 nitrogen and oxygen atoms in total. The molecule has 2 aliphatic rings. The minimum Gasteiger partial charge on any atom is -0.320 e. The van der Waals surface area contributed by atoms with Crippen LogP contribution >= 0.6 is 0 Å².